The molecule has 5 heterocycles. The fourth-order valence-electron chi connectivity index (χ4n) is 9.13. The Kier molecular flexibility index (Phi) is 6.52. The summed E-state index contributed by atoms with van der Waals surface area (Å²) in [5, 5.41) is 4.42. The highest BCUT2D eigenvalue weighted by atomic mass is 16.3. The van der Waals surface area contributed by atoms with Crippen LogP contribution >= 0.6 is 0 Å². The summed E-state index contributed by atoms with van der Waals surface area (Å²) >= 11 is 0. The second-order valence-electron chi connectivity index (χ2n) is 17.2. The molecule has 0 aliphatic carbocycles. The Morgan fingerprint density at radius 1 is 0.491 bits per heavy atom. The SMILES string of the molecule is CC(C)(C)c1ccc(N2c3ccnc4c3B(c3ccc5oc6ccccc6c5c32)c2ccc3oc5ccccc5c3c2N4c2ccc(C(C)(C)C)cc2)cc1. The van der Waals surface area contributed by atoms with Crippen LogP contribution in [-0.2, 0) is 10.8 Å². The van der Waals surface area contributed by atoms with Gasteiger partial charge in [0.05, 0.1) is 22.1 Å². The van der Waals surface area contributed by atoms with Crippen LogP contribution in [0.5, 0.6) is 0 Å². The zero-order chi connectivity index (χ0) is 37.4. The minimum atomic E-state index is -0.102. The number of hydrogen-bond donors (Lipinski definition) is 0. The van der Waals surface area contributed by atoms with Crippen molar-refractivity contribution in [2.24, 2.45) is 0 Å². The third-order valence-electron chi connectivity index (χ3n) is 11.8. The molecule has 11 rings (SSSR count). The molecule has 2 aliphatic heterocycles. The lowest BCUT2D eigenvalue weighted by molar-refractivity contribution is 0.590. The van der Waals surface area contributed by atoms with E-state index in [9.17, 15) is 0 Å². The van der Waals surface area contributed by atoms with E-state index >= 15 is 0 Å². The summed E-state index contributed by atoms with van der Waals surface area (Å²) in [6.45, 7) is 13.5. The van der Waals surface area contributed by atoms with Crippen LogP contribution in [-0.4, -0.2) is 11.7 Å². The Hall–Kier alpha value is -6.27. The van der Waals surface area contributed by atoms with Crippen LogP contribution in [0, 0.1) is 0 Å². The first-order valence-electron chi connectivity index (χ1n) is 19.2. The highest BCUT2D eigenvalue weighted by Gasteiger charge is 2.46. The first-order chi connectivity index (χ1) is 26.6. The third kappa shape index (κ3) is 4.57. The molecule has 6 aromatic carbocycles. The largest absolute Gasteiger partial charge is 0.456 e. The van der Waals surface area contributed by atoms with Gasteiger partial charge in [-0.05, 0) is 92.9 Å². The van der Waals surface area contributed by atoms with Crippen molar-refractivity contribution in [1.29, 1.82) is 0 Å². The third-order valence-corrected chi connectivity index (χ3v) is 11.8. The summed E-state index contributed by atoms with van der Waals surface area (Å²) in [5.41, 5.74) is 15.3. The summed E-state index contributed by atoms with van der Waals surface area (Å²) in [5.74, 6) is 0.926. The van der Waals surface area contributed by atoms with E-state index in [4.69, 9.17) is 13.8 Å². The van der Waals surface area contributed by atoms with E-state index in [1.54, 1.807) is 0 Å². The Morgan fingerprint density at radius 2 is 0.964 bits per heavy atom. The molecule has 0 unspecified atom stereocenters. The normalized spacial score (nSPS) is 13.9. The van der Waals surface area contributed by atoms with Crippen LogP contribution in [0.2, 0.25) is 0 Å². The van der Waals surface area contributed by atoms with Crippen LogP contribution in [0.15, 0.2) is 142 Å². The number of rotatable bonds is 2. The van der Waals surface area contributed by atoms with Gasteiger partial charge in [-0.25, -0.2) is 4.98 Å². The van der Waals surface area contributed by atoms with E-state index in [0.29, 0.717) is 0 Å². The molecule has 0 saturated heterocycles. The van der Waals surface area contributed by atoms with Crippen LogP contribution in [0.25, 0.3) is 43.9 Å². The number of aromatic nitrogens is 1. The molecule has 0 amide bonds. The predicted molar refractivity (Wildman–Crippen MR) is 230 cm³/mol. The van der Waals surface area contributed by atoms with Crippen molar-refractivity contribution in [2.75, 3.05) is 9.80 Å². The molecule has 0 saturated carbocycles. The maximum absolute atomic E-state index is 6.57. The number of pyridine rings is 1. The van der Waals surface area contributed by atoms with Gasteiger partial charge in [0.25, 0.3) is 6.71 Å². The molecule has 0 radical (unpaired) electrons. The van der Waals surface area contributed by atoms with Gasteiger partial charge < -0.3 is 13.7 Å². The van der Waals surface area contributed by atoms with Gasteiger partial charge in [-0.3, -0.25) is 4.90 Å². The maximum atomic E-state index is 6.57. The first-order valence-corrected chi connectivity index (χ1v) is 19.2. The number of furan rings is 2. The van der Waals surface area contributed by atoms with Gasteiger partial charge in [-0.2, -0.15) is 0 Å². The number of nitrogens with zero attached hydrogens (tertiary/aromatic N) is 3. The van der Waals surface area contributed by atoms with E-state index < -0.39 is 0 Å². The van der Waals surface area contributed by atoms with Gasteiger partial charge >= 0.3 is 0 Å². The Bertz CT molecular complexity index is 2810. The lowest BCUT2D eigenvalue weighted by Crippen LogP contribution is -2.61. The number of benzene rings is 6. The molecule has 5 nitrogen and oxygen atoms in total. The van der Waals surface area contributed by atoms with E-state index in [1.807, 2.05) is 18.3 Å². The smallest absolute Gasteiger partial charge is 0.254 e. The van der Waals surface area contributed by atoms with Gasteiger partial charge in [-0.1, -0.05) is 114 Å². The summed E-state index contributed by atoms with van der Waals surface area (Å²) < 4.78 is 13.1. The van der Waals surface area contributed by atoms with Crippen molar-refractivity contribution in [3.8, 4) is 0 Å². The summed E-state index contributed by atoms with van der Waals surface area (Å²) in [7, 11) is 0. The van der Waals surface area contributed by atoms with Crippen molar-refractivity contribution in [3.63, 3.8) is 0 Å². The minimum Gasteiger partial charge on any atom is -0.456 e. The number of anilines is 6. The minimum absolute atomic E-state index is 0.0248. The molecule has 0 fully saturated rings. The topological polar surface area (TPSA) is 45.7 Å². The van der Waals surface area contributed by atoms with Gasteiger partial charge in [0.15, 0.2) is 0 Å². The lowest BCUT2D eigenvalue weighted by atomic mass is 9.33. The van der Waals surface area contributed by atoms with Crippen LogP contribution in [0.3, 0.4) is 0 Å². The molecule has 9 aromatic rings. The van der Waals surface area contributed by atoms with Crippen LogP contribution in [0.1, 0.15) is 52.7 Å². The summed E-state index contributed by atoms with van der Waals surface area (Å²) in [6, 6.07) is 46.1. The zero-order valence-corrected chi connectivity index (χ0v) is 31.9. The molecule has 0 spiro atoms. The van der Waals surface area contributed by atoms with E-state index in [1.165, 1.54) is 27.5 Å². The lowest BCUT2D eigenvalue weighted by Gasteiger charge is -2.43. The van der Waals surface area contributed by atoms with Gasteiger partial charge in [-0.15, -0.1) is 0 Å². The van der Waals surface area contributed by atoms with Gasteiger partial charge in [0.1, 0.15) is 28.1 Å². The molecule has 266 valence electrons. The average molecular weight is 714 g/mol. The molecule has 55 heavy (non-hydrogen) atoms. The van der Waals surface area contributed by atoms with Crippen LogP contribution in [0.4, 0.5) is 34.3 Å². The highest BCUT2D eigenvalue weighted by Crippen LogP contribution is 2.49. The fourth-order valence-corrected chi connectivity index (χ4v) is 9.13. The second-order valence-corrected chi connectivity index (χ2v) is 17.2. The molecular weight excluding hydrogens is 673 g/mol. The number of hydrogen-bond acceptors (Lipinski definition) is 5. The van der Waals surface area contributed by atoms with E-state index in [0.717, 1.165) is 78.1 Å². The highest BCUT2D eigenvalue weighted by molar-refractivity contribution is 7.00. The average Bonchev–Trinajstić information content (AvgIpc) is 3.76. The van der Waals surface area contributed by atoms with Gasteiger partial charge in [0, 0.05) is 34.0 Å². The predicted octanol–water partition coefficient (Wildman–Crippen LogP) is 11.6. The molecule has 0 atom stereocenters. The monoisotopic (exact) mass is 713 g/mol. The molecule has 0 bridgehead atoms. The Morgan fingerprint density at radius 3 is 1.47 bits per heavy atom. The zero-order valence-electron chi connectivity index (χ0n) is 31.9. The van der Waals surface area contributed by atoms with Crippen molar-refractivity contribution in [1.82, 2.24) is 4.98 Å². The summed E-state index contributed by atoms with van der Waals surface area (Å²) in [4.78, 5) is 10.2. The number of para-hydroxylation sites is 2. The standard InChI is InChI=1S/C49H40BN3O2/c1-48(2,3)29-15-19-31(20-16-29)52-37-27-28-51-47-44(37)50(35-23-25-40-42(45(35)52)33-11-7-9-13-38(33)54-40)36-24-26-41-43(34-12-8-10-14-39(34)55-41)46(36)53(47)32-21-17-30(18-22-32)49(4,5)6/h7-28H,1-6H3. The van der Waals surface area contributed by atoms with E-state index in [-0.39, 0.29) is 17.5 Å². The molecule has 6 heteroatoms. The Labute approximate surface area is 320 Å². The second kappa shape index (κ2) is 11.1. The van der Waals surface area contributed by atoms with Crippen molar-refractivity contribution >= 4 is 101 Å². The molecule has 3 aromatic heterocycles. The quantitative estimate of drug-likeness (QED) is 0.167. The Balaban J connectivity index is 1.27. The fraction of sp³-hybridized carbons (Fsp3) is 0.163. The first kappa shape index (κ1) is 32.2. The van der Waals surface area contributed by atoms with Crippen LogP contribution < -0.4 is 26.2 Å². The van der Waals surface area contributed by atoms with Gasteiger partial charge in [0.2, 0.25) is 0 Å². The van der Waals surface area contributed by atoms with Crippen molar-refractivity contribution in [3.05, 3.63) is 145 Å². The molecule has 2 aliphatic rings. The summed E-state index contributed by atoms with van der Waals surface area (Å²) in [6.07, 6.45) is 1.98. The maximum Gasteiger partial charge on any atom is 0.254 e. The van der Waals surface area contributed by atoms with Crippen molar-refractivity contribution in [2.45, 2.75) is 52.4 Å². The van der Waals surface area contributed by atoms with E-state index in [2.05, 4.69) is 167 Å². The molecular formula is C49H40BN3O2. The number of fused-ring (bicyclic) bond motifs is 12. The molecule has 0 N–H and O–H groups in total. The van der Waals surface area contributed by atoms with Crippen molar-refractivity contribution < 1.29 is 8.83 Å².